The summed E-state index contributed by atoms with van der Waals surface area (Å²) in [6.07, 6.45) is 3.67. The van der Waals surface area contributed by atoms with Gasteiger partial charge in [0.25, 0.3) is 15.7 Å². The third-order valence-electron chi connectivity index (χ3n) is 8.97. The van der Waals surface area contributed by atoms with Gasteiger partial charge >= 0.3 is 0 Å². The molecule has 1 N–H and O–H groups in total. The van der Waals surface area contributed by atoms with Crippen molar-refractivity contribution in [3.63, 3.8) is 0 Å². The Morgan fingerprint density at radius 2 is 1.61 bits per heavy atom. The molecule has 268 valence electrons. The molecule has 0 spiro atoms. The Labute approximate surface area is 307 Å². The highest BCUT2D eigenvalue weighted by atomic mass is 35.5. The van der Waals surface area contributed by atoms with Gasteiger partial charge in [-0.05, 0) is 67.8 Å². The molecule has 0 aliphatic heterocycles. The van der Waals surface area contributed by atoms with Crippen molar-refractivity contribution >= 4 is 56.4 Å². The lowest BCUT2D eigenvalue weighted by molar-refractivity contribution is -0.385. The topological polar surface area (TPSA) is 139 Å². The van der Waals surface area contributed by atoms with E-state index in [1.807, 2.05) is 30.3 Å². The number of benzene rings is 4. The van der Waals surface area contributed by atoms with Gasteiger partial charge in [0.1, 0.15) is 18.3 Å². The number of carbonyl (C=O) groups excluding carboxylic acids is 2. The van der Waals surface area contributed by atoms with Crippen LogP contribution in [-0.4, -0.2) is 55.8 Å². The van der Waals surface area contributed by atoms with Gasteiger partial charge in [-0.2, -0.15) is 0 Å². The molecule has 4 aromatic rings. The number of rotatable bonds is 14. The first-order valence-electron chi connectivity index (χ1n) is 16.4. The van der Waals surface area contributed by atoms with Crippen molar-refractivity contribution in [2.24, 2.45) is 0 Å². The lowest BCUT2D eigenvalue weighted by atomic mass is 10.0. The minimum absolute atomic E-state index is 0.0647. The Bertz CT molecular complexity index is 1970. The van der Waals surface area contributed by atoms with Crippen LogP contribution in [0.3, 0.4) is 0 Å². The van der Waals surface area contributed by atoms with E-state index in [0.29, 0.717) is 11.3 Å². The number of carbonyl (C=O) groups is 2. The van der Waals surface area contributed by atoms with Crippen molar-refractivity contribution in [2.75, 3.05) is 18.0 Å². The van der Waals surface area contributed by atoms with E-state index in [0.717, 1.165) is 41.6 Å². The van der Waals surface area contributed by atoms with Crippen LogP contribution < -0.4 is 14.4 Å². The number of hydrogen-bond donors (Lipinski definition) is 1. The Kier molecular flexibility index (Phi) is 12.2. The number of anilines is 1. The van der Waals surface area contributed by atoms with E-state index in [4.69, 9.17) is 27.9 Å². The number of sulfonamides is 1. The monoisotopic (exact) mass is 752 g/mol. The van der Waals surface area contributed by atoms with Crippen molar-refractivity contribution in [3.05, 3.63) is 128 Å². The summed E-state index contributed by atoms with van der Waals surface area (Å²) in [6.45, 7) is 0.528. The van der Waals surface area contributed by atoms with E-state index < -0.39 is 45.0 Å². The predicted octanol–water partition coefficient (Wildman–Crippen LogP) is 7.11. The van der Waals surface area contributed by atoms with Crippen LogP contribution in [0.2, 0.25) is 10.0 Å². The summed E-state index contributed by atoms with van der Waals surface area (Å²) < 4.78 is 34.9. The highest BCUT2D eigenvalue weighted by molar-refractivity contribution is 7.92. The lowest BCUT2D eigenvalue weighted by Crippen LogP contribution is -2.54. The first-order valence-corrected chi connectivity index (χ1v) is 18.6. The van der Waals surface area contributed by atoms with Gasteiger partial charge in [-0.1, -0.05) is 78.5 Å². The number of halogens is 2. The minimum atomic E-state index is -4.60. The summed E-state index contributed by atoms with van der Waals surface area (Å²) in [7, 11) is -3.14. The number of nitro benzene ring substituents is 1. The molecule has 0 saturated heterocycles. The zero-order valence-corrected chi connectivity index (χ0v) is 30.5. The van der Waals surface area contributed by atoms with Crippen molar-refractivity contribution in [3.8, 4) is 5.75 Å². The quantitative estimate of drug-likeness (QED) is 0.107. The SMILES string of the molecule is COc1ccc(N(CC(=O)N(Cc2c(Cl)cccc2Cl)C(Cc2ccccc2)C(=O)NC2CCCC2)S(=O)(=O)c2ccc(C)c([N+](=O)[O-])c2)cc1. The zero-order chi connectivity index (χ0) is 36.7. The number of aryl methyl sites for hydroxylation is 1. The van der Waals surface area contributed by atoms with Gasteiger partial charge in [0.2, 0.25) is 11.8 Å². The van der Waals surface area contributed by atoms with E-state index in [9.17, 15) is 28.1 Å². The maximum Gasteiger partial charge on any atom is 0.273 e. The van der Waals surface area contributed by atoms with E-state index >= 15 is 0 Å². The first kappa shape index (κ1) is 37.6. The van der Waals surface area contributed by atoms with E-state index in [-0.39, 0.29) is 45.2 Å². The third-order valence-corrected chi connectivity index (χ3v) is 11.4. The standard InChI is InChI=1S/C37H38Cl2N4O7S/c1-25-15-20-30(22-34(25)43(46)47)51(48,49)42(28-16-18-29(50-2)19-17-28)24-36(44)41(23-31-32(38)13-8-14-33(31)39)35(21-26-9-4-3-5-10-26)37(45)40-27-11-6-7-12-27/h3-5,8-10,13-20,22,27,35H,6-7,11-12,21,23-24H2,1-2H3,(H,40,45). The molecule has 0 aromatic heterocycles. The second-order valence-corrected chi connectivity index (χ2v) is 15.0. The first-order chi connectivity index (χ1) is 24.4. The lowest BCUT2D eigenvalue weighted by Gasteiger charge is -2.34. The van der Waals surface area contributed by atoms with Gasteiger partial charge in [-0.3, -0.25) is 24.0 Å². The molecular formula is C37H38Cl2N4O7S. The van der Waals surface area contributed by atoms with Gasteiger partial charge in [0.15, 0.2) is 0 Å². The van der Waals surface area contributed by atoms with E-state index in [1.54, 1.807) is 18.2 Å². The number of ether oxygens (including phenoxy) is 1. The van der Waals surface area contributed by atoms with Crippen LogP contribution in [-0.2, 0) is 32.6 Å². The highest BCUT2D eigenvalue weighted by Crippen LogP contribution is 2.31. The number of methoxy groups -OCH3 is 1. The largest absolute Gasteiger partial charge is 0.497 e. The second kappa shape index (κ2) is 16.6. The Morgan fingerprint density at radius 1 is 0.961 bits per heavy atom. The minimum Gasteiger partial charge on any atom is -0.497 e. The van der Waals surface area contributed by atoms with Gasteiger partial charge in [0, 0.05) is 46.2 Å². The maximum atomic E-state index is 14.8. The summed E-state index contributed by atoms with van der Waals surface area (Å²) in [4.78, 5) is 41.0. The molecule has 0 radical (unpaired) electrons. The molecule has 2 amide bonds. The summed E-state index contributed by atoms with van der Waals surface area (Å²) in [5.41, 5.74) is 1.13. The molecule has 1 fully saturated rings. The molecule has 1 aliphatic rings. The second-order valence-electron chi connectivity index (χ2n) is 12.3. The van der Waals surface area contributed by atoms with Crippen molar-refractivity contribution in [1.29, 1.82) is 0 Å². The molecule has 0 heterocycles. The van der Waals surface area contributed by atoms with Crippen molar-refractivity contribution in [1.82, 2.24) is 10.2 Å². The van der Waals surface area contributed by atoms with Crippen LogP contribution in [0.15, 0.2) is 95.9 Å². The van der Waals surface area contributed by atoms with Crippen LogP contribution in [0.25, 0.3) is 0 Å². The summed E-state index contributed by atoms with van der Waals surface area (Å²) >= 11 is 13.2. The number of amides is 2. The molecule has 14 heteroatoms. The fraction of sp³-hybridized carbons (Fsp3) is 0.297. The molecule has 5 rings (SSSR count). The van der Waals surface area contributed by atoms with Crippen LogP contribution in [0.1, 0.15) is 42.4 Å². The Hall–Kier alpha value is -4.65. The molecule has 1 aliphatic carbocycles. The summed E-state index contributed by atoms with van der Waals surface area (Å²) in [5, 5.41) is 15.4. The molecule has 1 unspecified atom stereocenters. The Balaban J connectivity index is 1.62. The normalized spacial score (nSPS) is 13.7. The molecule has 1 atom stereocenters. The van der Waals surface area contributed by atoms with Gasteiger partial charge < -0.3 is 15.0 Å². The number of nitro groups is 1. The van der Waals surface area contributed by atoms with Gasteiger partial charge in [0.05, 0.1) is 22.6 Å². The molecule has 51 heavy (non-hydrogen) atoms. The molecule has 0 bridgehead atoms. The molecule has 4 aromatic carbocycles. The molecular weight excluding hydrogens is 715 g/mol. The smallest absolute Gasteiger partial charge is 0.273 e. The maximum absolute atomic E-state index is 14.8. The highest BCUT2D eigenvalue weighted by Gasteiger charge is 2.36. The third kappa shape index (κ3) is 8.99. The fourth-order valence-corrected chi connectivity index (χ4v) is 8.08. The van der Waals surface area contributed by atoms with Gasteiger partial charge in [-0.15, -0.1) is 0 Å². The van der Waals surface area contributed by atoms with E-state index in [1.165, 1.54) is 55.3 Å². The average Bonchev–Trinajstić information content (AvgIpc) is 3.63. The van der Waals surface area contributed by atoms with Crippen LogP contribution >= 0.6 is 23.2 Å². The number of nitrogens with zero attached hydrogens (tertiary/aromatic N) is 3. The number of nitrogens with one attached hydrogen (secondary N) is 1. The summed E-state index contributed by atoms with van der Waals surface area (Å²) in [5.74, 6) is -0.681. The van der Waals surface area contributed by atoms with E-state index in [2.05, 4.69) is 5.32 Å². The molecule has 11 nitrogen and oxygen atoms in total. The Morgan fingerprint density at radius 3 is 2.22 bits per heavy atom. The molecule has 1 saturated carbocycles. The number of hydrogen-bond acceptors (Lipinski definition) is 7. The predicted molar refractivity (Wildman–Crippen MR) is 197 cm³/mol. The van der Waals surface area contributed by atoms with Crippen molar-refractivity contribution < 1.29 is 27.7 Å². The average molecular weight is 754 g/mol. The summed E-state index contributed by atoms with van der Waals surface area (Å²) in [6, 6.07) is 22.5. The van der Waals surface area contributed by atoms with Crippen LogP contribution in [0, 0.1) is 17.0 Å². The van der Waals surface area contributed by atoms with Gasteiger partial charge in [-0.25, -0.2) is 8.42 Å². The zero-order valence-electron chi connectivity index (χ0n) is 28.1. The van der Waals surface area contributed by atoms with Crippen LogP contribution in [0.4, 0.5) is 11.4 Å². The van der Waals surface area contributed by atoms with Crippen LogP contribution in [0.5, 0.6) is 5.75 Å². The van der Waals surface area contributed by atoms with Crippen molar-refractivity contribution in [2.45, 2.75) is 62.6 Å². The fourth-order valence-electron chi connectivity index (χ4n) is 6.13.